The van der Waals surface area contributed by atoms with Crippen molar-refractivity contribution in [1.82, 2.24) is 20.1 Å². The molecule has 45 heavy (non-hydrogen) atoms. The molecule has 3 N–H and O–H groups in total. The van der Waals surface area contributed by atoms with Gasteiger partial charge in [-0.1, -0.05) is 32.0 Å². The van der Waals surface area contributed by atoms with Gasteiger partial charge in [-0.2, -0.15) is 0 Å². The number of carbonyl (C=O) groups is 2. The van der Waals surface area contributed by atoms with E-state index < -0.39 is 5.82 Å². The summed E-state index contributed by atoms with van der Waals surface area (Å²) in [7, 11) is 3.86. The van der Waals surface area contributed by atoms with E-state index in [4.69, 9.17) is 4.99 Å². The van der Waals surface area contributed by atoms with Crippen molar-refractivity contribution in [3.8, 4) is 5.88 Å². The SMILES string of the molecule is CC(C)CC(=O)NCc1cccc(C(=Nc2ccc(N(C)C(=O)CN3CCN(C)CC3)cc2)c2c(O)[nH]c3cc(F)ccc23)c1. The summed E-state index contributed by atoms with van der Waals surface area (Å²) in [4.78, 5) is 39.2. The lowest BCUT2D eigenvalue weighted by Gasteiger charge is -2.32. The van der Waals surface area contributed by atoms with Gasteiger partial charge in [-0.05, 0) is 67.1 Å². The fourth-order valence-electron chi connectivity index (χ4n) is 5.46. The average molecular weight is 613 g/mol. The average Bonchev–Trinajstić information content (AvgIpc) is 3.34. The van der Waals surface area contributed by atoms with E-state index in [1.165, 1.54) is 12.1 Å². The smallest absolute Gasteiger partial charge is 0.240 e. The molecule has 1 saturated heterocycles. The molecule has 0 radical (unpaired) electrons. The molecule has 1 aliphatic heterocycles. The number of aromatic nitrogens is 1. The van der Waals surface area contributed by atoms with Crippen molar-refractivity contribution in [1.29, 1.82) is 0 Å². The van der Waals surface area contributed by atoms with Gasteiger partial charge in [0.2, 0.25) is 11.8 Å². The fourth-order valence-corrected chi connectivity index (χ4v) is 5.46. The Morgan fingerprint density at radius 2 is 1.78 bits per heavy atom. The number of aromatic hydroxyl groups is 1. The Morgan fingerprint density at radius 1 is 1.04 bits per heavy atom. The number of likely N-dealkylation sites (N-methyl/N-ethyl adjacent to an activating group) is 2. The first-order valence-electron chi connectivity index (χ1n) is 15.3. The van der Waals surface area contributed by atoms with E-state index in [0.29, 0.717) is 47.4 Å². The van der Waals surface area contributed by atoms with E-state index in [0.717, 1.165) is 43.0 Å². The third-order valence-electron chi connectivity index (χ3n) is 8.07. The second-order valence-electron chi connectivity index (χ2n) is 12.1. The second kappa shape index (κ2) is 14.0. The van der Waals surface area contributed by atoms with Crippen LogP contribution in [0.15, 0.2) is 71.7 Å². The minimum Gasteiger partial charge on any atom is -0.494 e. The highest BCUT2D eigenvalue weighted by Gasteiger charge is 2.21. The molecule has 0 saturated carbocycles. The van der Waals surface area contributed by atoms with E-state index in [9.17, 15) is 19.1 Å². The van der Waals surface area contributed by atoms with Gasteiger partial charge in [0.15, 0.2) is 5.88 Å². The second-order valence-corrected chi connectivity index (χ2v) is 12.1. The molecule has 1 aromatic heterocycles. The van der Waals surface area contributed by atoms with Gasteiger partial charge in [0.1, 0.15) is 5.82 Å². The number of benzene rings is 3. The number of amides is 2. The van der Waals surface area contributed by atoms with Crippen molar-refractivity contribution < 1.29 is 19.1 Å². The lowest BCUT2D eigenvalue weighted by atomic mass is 9.99. The number of piperazine rings is 1. The maximum Gasteiger partial charge on any atom is 0.240 e. The Bertz CT molecular complexity index is 1690. The van der Waals surface area contributed by atoms with Gasteiger partial charge in [-0.3, -0.25) is 14.5 Å². The summed E-state index contributed by atoms with van der Waals surface area (Å²) in [5.74, 6) is -0.297. The predicted molar refractivity (Wildman–Crippen MR) is 177 cm³/mol. The quantitative estimate of drug-likeness (QED) is 0.218. The van der Waals surface area contributed by atoms with Crippen LogP contribution in [0.25, 0.3) is 10.9 Å². The summed E-state index contributed by atoms with van der Waals surface area (Å²) < 4.78 is 14.0. The van der Waals surface area contributed by atoms with Crippen LogP contribution in [0.3, 0.4) is 0 Å². The van der Waals surface area contributed by atoms with Crippen LogP contribution in [0, 0.1) is 11.7 Å². The van der Waals surface area contributed by atoms with Crippen molar-refractivity contribution in [3.05, 3.63) is 89.2 Å². The number of aliphatic imine (C=N–C) groups is 1. The van der Waals surface area contributed by atoms with Crippen LogP contribution >= 0.6 is 0 Å². The lowest BCUT2D eigenvalue weighted by molar-refractivity contribution is -0.122. The van der Waals surface area contributed by atoms with Crippen molar-refractivity contribution in [3.63, 3.8) is 0 Å². The summed E-state index contributed by atoms with van der Waals surface area (Å²) in [6, 6.07) is 19.3. The molecule has 3 aromatic carbocycles. The number of hydrogen-bond donors (Lipinski definition) is 3. The van der Waals surface area contributed by atoms with E-state index in [1.807, 2.05) is 62.4 Å². The van der Waals surface area contributed by atoms with Gasteiger partial charge in [-0.25, -0.2) is 9.38 Å². The van der Waals surface area contributed by atoms with Crippen LogP contribution in [0.4, 0.5) is 15.8 Å². The summed E-state index contributed by atoms with van der Waals surface area (Å²) >= 11 is 0. The van der Waals surface area contributed by atoms with E-state index in [-0.39, 0.29) is 23.6 Å². The number of aromatic amines is 1. The first kappa shape index (κ1) is 31.9. The molecule has 5 rings (SSSR count). The minimum atomic E-state index is -0.421. The Balaban J connectivity index is 1.44. The normalized spacial score (nSPS) is 14.7. The van der Waals surface area contributed by atoms with Gasteiger partial charge in [0.25, 0.3) is 0 Å². The van der Waals surface area contributed by atoms with Gasteiger partial charge in [0, 0.05) is 62.8 Å². The minimum absolute atomic E-state index is 0.0183. The molecule has 0 spiro atoms. The molecule has 9 nitrogen and oxygen atoms in total. The molecule has 1 aliphatic rings. The summed E-state index contributed by atoms with van der Waals surface area (Å²) in [5, 5.41) is 14.6. The van der Waals surface area contributed by atoms with Crippen molar-refractivity contribution in [2.75, 3.05) is 51.7 Å². The van der Waals surface area contributed by atoms with Crippen molar-refractivity contribution in [2.24, 2.45) is 10.9 Å². The van der Waals surface area contributed by atoms with Crippen molar-refractivity contribution >= 4 is 39.8 Å². The number of nitrogens with zero attached hydrogens (tertiary/aromatic N) is 4. The number of fused-ring (bicyclic) bond motifs is 1. The topological polar surface area (TPSA) is 104 Å². The third-order valence-corrected chi connectivity index (χ3v) is 8.07. The molecule has 0 unspecified atom stereocenters. The molecule has 1 fully saturated rings. The standard InChI is InChI=1S/C35H41FN6O3/c1-23(2)18-31(43)37-21-24-6-5-7-25(19-24)34(33-29-13-8-26(36)20-30(29)39-35(33)45)38-27-9-11-28(12-10-27)41(4)32(44)22-42-16-14-40(3)15-17-42/h5-13,19-20,23,39,45H,14-18,21-22H2,1-4H3,(H,37,43). The fraction of sp³-hybridized carbons (Fsp3) is 0.343. The Morgan fingerprint density at radius 3 is 2.49 bits per heavy atom. The van der Waals surface area contributed by atoms with E-state index >= 15 is 0 Å². The summed E-state index contributed by atoms with van der Waals surface area (Å²) in [6.07, 6.45) is 0.443. The maximum atomic E-state index is 14.0. The van der Waals surface area contributed by atoms with Gasteiger partial charge < -0.3 is 25.2 Å². The summed E-state index contributed by atoms with van der Waals surface area (Å²) in [6.45, 7) is 8.34. The summed E-state index contributed by atoms with van der Waals surface area (Å²) in [5.41, 5.74) is 4.32. The first-order valence-corrected chi connectivity index (χ1v) is 15.3. The molecule has 2 amide bonds. The third kappa shape index (κ3) is 7.95. The molecule has 0 atom stereocenters. The molecule has 0 aliphatic carbocycles. The van der Waals surface area contributed by atoms with Crippen LogP contribution in [-0.4, -0.2) is 84.2 Å². The molecule has 2 heterocycles. The molecular formula is C35H41FN6O3. The number of hydrogen-bond acceptors (Lipinski definition) is 6. The zero-order valence-electron chi connectivity index (χ0n) is 26.3. The number of anilines is 1. The molecule has 10 heteroatoms. The number of H-pyrrole nitrogens is 1. The first-order chi connectivity index (χ1) is 21.6. The van der Waals surface area contributed by atoms with Crippen LogP contribution in [-0.2, 0) is 16.1 Å². The number of rotatable bonds is 10. The predicted octanol–water partition coefficient (Wildman–Crippen LogP) is 5.05. The maximum absolute atomic E-state index is 14.0. The molecule has 236 valence electrons. The highest BCUT2D eigenvalue weighted by atomic mass is 19.1. The number of halogens is 1. The monoisotopic (exact) mass is 612 g/mol. The zero-order chi connectivity index (χ0) is 32.1. The lowest BCUT2D eigenvalue weighted by Crippen LogP contribution is -2.48. The molecule has 0 bridgehead atoms. The van der Waals surface area contributed by atoms with E-state index in [2.05, 4.69) is 27.1 Å². The van der Waals surface area contributed by atoms with Crippen LogP contribution in [0.1, 0.15) is 37.0 Å². The highest BCUT2D eigenvalue weighted by molar-refractivity contribution is 6.22. The number of carbonyl (C=O) groups excluding carboxylic acids is 2. The van der Waals surface area contributed by atoms with Crippen LogP contribution < -0.4 is 10.2 Å². The largest absolute Gasteiger partial charge is 0.494 e. The van der Waals surface area contributed by atoms with Gasteiger partial charge in [0.05, 0.1) is 29.0 Å². The Hall–Kier alpha value is -4.54. The molecule has 4 aromatic rings. The zero-order valence-corrected chi connectivity index (χ0v) is 26.3. The van der Waals surface area contributed by atoms with Crippen LogP contribution in [0.2, 0.25) is 0 Å². The van der Waals surface area contributed by atoms with Gasteiger partial charge >= 0.3 is 0 Å². The molecular weight excluding hydrogens is 571 g/mol. The Kier molecular flexibility index (Phi) is 9.95. The van der Waals surface area contributed by atoms with E-state index in [1.54, 1.807) is 18.0 Å². The van der Waals surface area contributed by atoms with Crippen LogP contribution in [0.5, 0.6) is 5.88 Å². The van der Waals surface area contributed by atoms with Gasteiger partial charge in [-0.15, -0.1) is 0 Å². The van der Waals surface area contributed by atoms with Crippen molar-refractivity contribution in [2.45, 2.75) is 26.8 Å². The number of nitrogens with one attached hydrogen (secondary N) is 2. The highest BCUT2D eigenvalue weighted by Crippen LogP contribution is 2.32. The Labute approximate surface area is 263 Å².